The summed E-state index contributed by atoms with van der Waals surface area (Å²) in [6, 6.07) is 28.7. The predicted octanol–water partition coefficient (Wildman–Crippen LogP) is 7.72. The molecule has 3 aromatic carbocycles. The van der Waals surface area contributed by atoms with Crippen molar-refractivity contribution in [3.8, 4) is 33.8 Å². The fraction of sp³-hybridized carbons (Fsp3) is 0.200. The predicted molar refractivity (Wildman–Crippen MR) is 164 cm³/mol. The zero-order valence-electron chi connectivity index (χ0n) is 23.5. The van der Waals surface area contributed by atoms with E-state index in [0.29, 0.717) is 25.3 Å². The molecule has 0 unspecified atom stereocenters. The molecule has 0 radical (unpaired) electrons. The molecule has 0 spiro atoms. The van der Waals surface area contributed by atoms with E-state index in [1.165, 1.54) is 5.56 Å². The highest BCUT2D eigenvalue weighted by Crippen LogP contribution is 2.33. The molecule has 3 heterocycles. The van der Waals surface area contributed by atoms with E-state index in [1.54, 1.807) is 12.4 Å². The van der Waals surface area contributed by atoms with Crippen molar-refractivity contribution >= 4 is 11.7 Å². The molecule has 6 nitrogen and oxygen atoms in total. The Morgan fingerprint density at radius 3 is 2.51 bits per heavy atom. The molecule has 0 atom stereocenters. The summed E-state index contributed by atoms with van der Waals surface area (Å²) in [4.78, 5) is 29.6. The second-order valence-electron chi connectivity index (χ2n) is 10.5. The molecule has 204 valence electrons. The van der Waals surface area contributed by atoms with Crippen LogP contribution in [0.2, 0.25) is 0 Å². The van der Waals surface area contributed by atoms with Gasteiger partial charge in [-0.1, -0.05) is 74.0 Å². The van der Waals surface area contributed by atoms with E-state index in [4.69, 9.17) is 9.97 Å². The third-order valence-electron chi connectivity index (χ3n) is 7.61. The van der Waals surface area contributed by atoms with Crippen molar-refractivity contribution in [2.75, 3.05) is 11.9 Å². The minimum Gasteiger partial charge on any atom is -0.320 e. The van der Waals surface area contributed by atoms with Crippen LogP contribution in [0.3, 0.4) is 0 Å². The van der Waals surface area contributed by atoms with E-state index in [1.807, 2.05) is 47.4 Å². The Labute approximate surface area is 241 Å². The van der Waals surface area contributed by atoms with E-state index in [9.17, 15) is 4.79 Å². The summed E-state index contributed by atoms with van der Waals surface area (Å²) in [5.74, 6) is 0.660. The number of hydrogen-bond donors (Lipinski definition) is 1. The summed E-state index contributed by atoms with van der Waals surface area (Å²) < 4.78 is 0. The average Bonchev–Trinajstić information content (AvgIpc) is 3.02. The normalized spacial score (nSPS) is 12.6. The van der Waals surface area contributed by atoms with Gasteiger partial charge in [0.15, 0.2) is 5.82 Å². The molecule has 6 rings (SSSR count). The van der Waals surface area contributed by atoms with Gasteiger partial charge in [-0.3, -0.25) is 4.98 Å². The van der Waals surface area contributed by atoms with Gasteiger partial charge in [-0.05, 0) is 59.9 Å². The minimum absolute atomic E-state index is 0.127. The first-order valence-corrected chi connectivity index (χ1v) is 14.2. The molecule has 0 saturated heterocycles. The summed E-state index contributed by atoms with van der Waals surface area (Å²) in [6.45, 7) is 5.30. The van der Waals surface area contributed by atoms with Gasteiger partial charge in [-0.25, -0.2) is 14.8 Å². The number of rotatable bonds is 6. The Hall–Kier alpha value is -4.84. The van der Waals surface area contributed by atoms with E-state index in [2.05, 4.69) is 66.6 Å². The van der Waals surface area contributed by atoms with E-state index >= 15 is 0 Å². The largest absolute Gasteiger partial charge is 0.322 e. The van der Waals surface area contributed by atoms with Crippen molar-refractivity contribution in [1.82, 2.24) is 19.9 Å². The number of aromatic nitrogens is 3. The third kappa shape index (κ3) is 5.73. The second kappa shape index (κ2) is 11.7. The highest BCUT2D eigenvalue weighted by atomic mass is 16.2. The zero-order chi connectivity index (χ0) is 28.2. The van der Waals surface area contributed by atoms with Gasteiger partial charge in [0.2, 0.25) is 0 Å². The number of carbonyl (C=O) groups excluding carboxylic acids is 1. The number of aryl methyl sites for hydroxylation is 2. The maximum Gasteiger partial charge on any atom is 0.322 e. The van der Waals surface area contributed by atoms with Crippen molar-refractivity contribution < 1.29 is 4.79 Å². The molecule has 0 fully saturated rings. The number of nitrogens with one attached hydrogen (secondary N) is 1. The van der Waals surface area contributed by atoms with Crippen LogP contribution < -0.4 is 5.32 Å². The lowest BCUT2D eigenvalue weighted by atomic mass is 9.96. The summed E-state index contributed by atoms with van der Waals surface area (Å²) >= 11 is 0. The minimum atomic E-state index is -0.127. The zero-order valence-corrected chi connectivity index (χ0v) is 23.5. The van der Waals surface area contributed by atoms with Crippen molar-refractivity contribution in [2.24, 2.45) is 0 Å². The van der Waals surface area contributed by atoms with Gasteiger partial charge in [-0.15, -0.1) is 0 Å². The first-order valence-electron chi connectivity index (χ1n) is 14.2. The monoisotopic (exact) mass is 539 g/mol. The number of fused-ring (bicyclic) bond motifs is 1. The van der Waals surface area contributed by atoms with Gasteiger partial charge in [0, 0.05) is 47.7 Å². The number of carbonyl (C=O) groups is 1. The summed E-state index contributed by atoms with van der Waals surface area (Å²) in [5, 5.41) is 3.13. The van der Waals surface area contributed by atoms with Crippen LogP contribution in [0.5, 0.6) is 0 Å². The van der Waals surface area contributed by atoms with E-state index < -0.39 is 0 Å². The van der Waals surface area contributed by atoms with Crippen LogP contribution in [0.4, 0.5) is 10.5 Å². The molecular weight excluding hydrogens is 506 g/mol. The van der Waals surface area contributed by atoms with Crippen molar-refractivity contribution in [3.05, 3.63) is 120 Å². The van der Waals surface area contributed by atoms with Gasteiger partial charge < -0.3 is 10.2 Å². The maximum atomic E-state index is 13.5. The Bertz CT molecular complexity index is 1680. The fourth-order valence-corrected chi connectivity index (χ4v) is 5.40. The number of amides is 2. The van der Waals surface area contributed by atoms with E-state index in [0.717, 1.165) is 63.3 Å². The SMILES string of the molecule is CCCc1ccc(-c2cccc(NC(=O)N3CCc4nc(-c5cccnc5)nc(-c5ccccc5C)c4C3)c2)cc1. The van der Waals surface area contributed by atoms with Gasteiger partial charge in [0.25, 0.3) is 0 Å². The molecule has 0 bridgehead atoms. The Morgan fingerprint density at radius 1 is 0.902 bits per heavy atom. The molecule has 1 aliphatic rings. The quantitative estimate of drug-likeness (QED) is 0.240. The van der Waals surface area contributed by atoms with Gasteiger partial charge in [-0.2, -0.15) is 0 Å². The first-order chi connectivity index (χ1) is 20.1. The Balaban J connectivity index is 1.26. The molecule has 41 heavy (non-hydrogen) atoms. The number of anilines is 1. The number of benzene rings is 3. The average molecular weight is 540 g/mol. The van der Waals surface area contributed by atoms with Crippen LogP contribution >= 0.6 is 0 Å². The van der Waals surface area contributed by atoms with Gasteiger partial charge in [0.1, 0.15) is 0 Å². The highest BCUT2D eigenvalue weighted by molar-refractivity contribution is 5.90. The number of nitrogens with zero attached hydrogens (tertiary/aromatic N) is 4. The maximum absolute atomic E-state index is 13.5. The molecule has 6 heteroatoms. The number of hydrogen-bond acceptors (Lipinski definition) is 4. The lowest BCUT2D eigenvalue weighted by Gasteiger charge is -2.30. The molecule has 2 amide bonds. The summed E-state index contributed by atoms with van der Waals surface area (Å²) in [5.41, 5.74) is 10.2. The van der Waals surface area contributed by atoms with Crippen LogP contribution in [0, 0.1) is 6.92 Å². The van der Waals surface area contributed by atoms with Crippen molar-refractivity contribution in [3.63, 3.8) is 0 Å². The molecule has 2 aromatic heterocycles. The van der Waals surface area contributed by atoms with Crippen molar-refractivity contribution in [1.29, 1.82) is 0 Å². The fourth-order valence-electron chi connectivity index (χ4n) is 5.40. The van der Waals surface area contributed by atoms with Gasteiger partial charge in [0.05, 0.1) is 17.9 Å². The molecule has 0 aliphatic carbocycles. The Kier molecular flexibility index (Phi) is 7.54. The molecule has 1 N–H and O–H groups in total. The second-order valence-corrected chi connectivity index (χ2v) is 10.5. The Morgan fingerprint density at radius 2 is 1.73 bits per heavy atom. The first kappa shape index (κ1) is 26.4. The highest BCUT2D eigenvalue weighted by Gasteiger charge is 2.27. The van der Waals surface area contributed by atoms with E-state index in [-0.39, 0.29) is 6.03 Å². The van der Waals surface area contributed by atoms with Crippen LogP contribution in [0.15, 0.2) is 97.3 Å². The summed E-state index contributed by atoms with van der Waals surface area (Å²) in [7, 11) is 0. The molecule has 1 aliphatic heterocycles. The lowest BCUT2D eigenvalue weighted by Crippen LogP contribution is -2.39. The lowest BCUT2D eigenvalue weighted by molar-refractivity contribution is 0.206. The molecule has 0 saturated carbocycles. The topological polar surface area (TPSA) is 71.0 Å². The van der Waals surface area contributed by atoms with Gasteiger partial charge >= 0.3 is 6.03 Å². The molecular formula is C35H33N5O. The smallest absolute Gasteiger partial charge is 0.320 e. The van der Waals surface area contributed by atoms with Crippen LogP contribution in [0.1, 0.15) is 35.7 Å². The summed E-state index contributed by atoms with van der Waals surface area (Å²) in [6.07, 6.45) is 6.41. The standard InChI is InChI=1S/C35H33N5O/c1-3-8-25-14-16-26(17-15-25)27-10-6-12-29(21-27)37-35(41)40-20-18-32-31(23-40)33(30-13-5-4-9-24(30)2)39-34(38-32)28-11-7-19-36-22-28/h4-7,9-17,19,21-22H,3,8,18,20,23H2,1-2H3,(H,37,41). The molecule has 5 aromatic rings. The number of pyridine rings is 1. The third-order valence-corrected chi connectivity index (χ3v) is 7.61. The number of urea groups is 1. The van der Waals surface area contributed by atoms with Crippen LogP contribution in [0.25, 0.3) is 33.8 Å². The van der Waals surface area contributed by atoms with Crippen LogP contribution in [-0.2, 0) is 19.4 Å². The van der Waals surface area contributed by atoms with Crippen LogP contribution in [-0.4, -0.2) is 32.4 Å². The van der Waals surface area contributed by atoms with Crippen molar-refractivity contribution in [2.45, 2.75) is 39.7 Å².